The van der Waals surface area contributed by atoms with Crippen molar-refractivity contribution < 1.29 is 9.50 Å². The Balaban J connectivity index is 3.01. The van der Waals surface area contributed by atoms with Crippen molar-refractivity contribution in [3.8, 4) is 0 Å². The van der Waals surface area contributed by atoms with Crippen LogP contribution in [0.15, 0.2) is 24.3 Å². The molecule has 0 aliphatic carbocycles. The van der Waals surface area contributed by atoms with Crippen LogP contribution in [0.5, 0.6) is 0 Å². The summed E-state index contributed by atoms with van der Waals surface area (Å²) >= 11 is 0. The van der Waals surface area contributed by atoms with E-state index in [2.05, 4.69) is 18.7 Å². The van der Waals surface area contributed by atoms with Gasteiger partial charge in [0.15, 0.2) is 0 Å². The van der Waals surface area contributed by atoms with E-state index in [1.54, 1.807) is 6.07 Å². The molecule has 19 heavy (non-hydrogen) atoms. The minimum Gasteiger partial charge on any atom is -0.395 e. The van der Waals surface area contributed by atoms with Gasteiger partial charge in [-0.05, 0) is 30.5 Å². The molecule has 0 aliphatic heterocycles. The average molecular weight is 268 g/mol. The maximum atomic E-state index is 13.4. The molecule has 1 aromatic carbocycles. The van der Waals surface area contributed by atoms with Gasteiger partial charge in [-0.2, -0.15) is 0 Å². The summed E-state index contributed by atoms with van der Waals surface area (Å²) in [4.78, 5) is 2.19. The van der Waals surface area contributed by atoms with Crippen LogP contribution in [0.25, 0.3) is 0 Å². The van der Waals surface area contributed by atoms with Gasteiger partial charge in [0.25, 0.3) is 0 Å². The first-order valence-corrected chi connectivity index (χ1v) is 7.00. The number of nitrogens with two attached hydrogens (primary N) is 1. The van der Waals surface area contributed by atoms with Crippen molar-refractivity contribution in [3.05, 3.63) is 35.6 Å². The Kier molecular flexibility index (Phi) is 6.99. The second-order valence-corrected chi connectivity index (χ2v) is 4.74. The van der Waals surface area contributed by atoms with Crippen molar-refractivity contribution in [3.63, 3.8) is 0 Å². The molecule has 0 bridgehead atoms. The number of rotatable bonds is 8. The third-order valence-electron chi connectivity index (χ3n) is 3.63. The van der Waals surface area contributed by atoms with E-state index in [0.29, 0.717) is 19.1 Å². The van der Waals surface area contributed by atoms with Crippen LogP contribution < -0.4 is 5.73 Å². The van der Waals surface area contributed by atoms with Crippen molar-refractivity contribution in [1.82, 2.24) is 4.90 Å². The Morgan fingerprint density at radius 1 is 1.32 bits per heavy atom. The highest BCUT2D eigenvalue weighted by Gasteiger charge is 2.24. The third-order valence-corrected chi connectivity index (χ3v) is 3.63. The Morgan fingerprint density at radius 2 is 2.00 bits per heavy atom. The minimum atomic E-state index is -0.246. The molecule has 0 saturated carbocycles. The van der Waals surface area contributed by atoms with E-state index in [0.717, 1.165) is 18.4 Å². The summed E-state index contributed by atoms with van der Waals surface area (Å²) in [5, 5.41) is 9.27. The molecule has 0 aromatic heterocycles. The second kappa shape index (κ2) is 8.25. The van der Waals surface area contributed by atoms with Crippen LogP contribution >= 0.6 is 0 Å². The van der Waals surface area contributed by atoms with Crippen LogP contribution in [0, 0.1) is 5.82 Å². The normalized spacial score (nSPS) is 13.2. The second-order valence-electron chi connectivity index (χ2n) is 4.74. The molecule has 1 atom stereocenters. The average Bonchev–Trinajstić information content (AvgIpc) is 2.41. The summed E-state index contributed by atoms with van der Waals surface area (Å²) in [5.41, 5.74) is 6.77. The molecule has 3 nitrogen and oxygen atoms in total. The van der Waals surface area contributed by atoms with Gasteiger partial charge in [-0.25, -0.2) is 4.39 Å². The molecular formula is C15H25FN2O. The molecule has 1 unspecified atom stereocenters. The molecule has 0 spiro atoms. The molecule has 3 N–H and O–H groups in total. The largest absolute Gasteiger partial charge is 0.395 e. The fourth-order valence-corrected chi connectivity index (χ4v) is 2.64. The molecular weight excluding hydrogens is 243 g/mol. The van der Waals surface area contributed by atoms with E-state index in [4.69, 9.17) is 5.73 Å². The molecule has 108 valence electrons. The monoisotopic (exact) mass is 268 g/mol. The highest BCUT2D eigenvalue weighted by Crippen LogP contribution is 2.25. The summed E-state index contributed by atoms with van der Waals surface area (Å²) in [6, 6.07) is 6.87. The van der Waals surface area contributed by atoms with E-state index in [-0.39, 0.29) is 18.5 Å². The van der Waals surface area contributed by atoms with Crippen molar-refractivity contribution in [1.29, 1.82) is 0 Å². The van der Waals surface area contributed by atoms with Gasteiger partial charge in [-0.3, -0.25) is 4.90 Å². The fraction of sp³-hybridized carbons (Fsp3) is 0.600. The maximum absolute atomic E-state index is 13.4. The topological polar surface area (TPSA) is 49.5 Å². The first-order chi connectivity index (χ1) is 9.17. The van der Waals surface area contributed by atoms with E-state index in [1.807, 2.05) is 6.07 Å². The van der Waals surface area contributed by atoms with Crippen LogP contribution in [-0.2, 0) is 0 Å². The van der Waals surface area contributed by atoms with Crippen LogP contribution in [0.3, 0.4) is 0 Å². The van der Waals surface area contributed by atoms with Gasteiger partial charge in [-0.1, -0.05) is 26.0 Å². The zero-order valence-corrected chi connectivity index (χ0v) is 11.8. The lowest BCUT2D eigenvalue weighted by atomic mass is 10.0. The summed E-state index contributed by atoms with van der Waals surface area (Å²) < 4.78 is 13.4. The number of hydrogen-bond acceptors (Lipinski definition) is 3. The van der Waals surface area contributed by atoms with E-state index in [1.165, 1.54) is 12.1 Å². The van der Waals surface area contributed by atoms with Crippen molar-refractivity contribution in [2.45, 2.75) is 38.8 Å². The van der Waals surface area contributed by atoms with Crippen molar-refractivity contribution in [2.75, 3.05) is 19.7 Å². The van der Waals surface area contributed by atoms with Gasteiger partial charge in [0.05, 0.1) is 6.61 Å². The first kappa shape index (κ1) is 16.1. The number of halogens is 1. The first-order valence-electron chi connectivity index (χ1n) is 7.00. The summed E-state index contributed by atoms with van der Waals surface area (Å²) in [5.74, 6) is -0.246. The quantitative estimate of drug-likeness (QED) is 0.760. The van der Waals surface area contributed by atoms with Crippen LogP contribution in [0.2, 0.25) is 0 Å². The predicted octanol–water partition coefficient (Wildman–Crippen LogP) is 2.31. The van der Waals surface area contributed by atoms with Gasteiger partial charge in [0, 0.05) is 25.2 Å². The third kappa shape index (κ3) is 4.27. The number of nitrogens with zero attached hydrogens (tertiary/aromatic N) is 1. The molecule has 0 amide bonds. The molecule has 0 radical (unpaired) electrons. The molecule has 1 rings (SSSR count). The lowest BCUT2D eigenvalue weighted by molar-refractivity contribution is 0.0994. The lowest BCUT2D eigenvalue weighted by Crippen LogP contribution is -2.42. The van der Waals surface area contributed by atoms with Crippen molar-refractivity contribution >= 4 is 0 Å². The lowest BCUT2D eigenvalue weighted by Gasteiger charge is -2.37. The Hall–Kier alpha value is -0.970. The number of aliphatic hydroxyl groups is 1. The van der Waals surface area contributed by atoms with Crippen molar-refractivity contribution in [2.24, 2.45) is 5.73 Å². The zero-order valence-electron chi connectivity index (χ0n) is 11.8. The van der Waals surface area contributed by atoms with Crippen LogP contribution in [0.4, 0.5) is 4.39 Å². The Labute approximate surface area is 115 Å². The van der Waals surface area contributed by atoms with E-state index in [9.17, 15) is 9.50 Å². The standard InChI is InChI=1S/C15H25FN2O/c1-3-14(4-2)18(8-9-19)15(11-17)12-6-5-7-13(16)10-12/h5-7,10,14-15,19H,3-4,8-9,11,17H2,1-2H3. The van der Waals surface area contributed by atoms with Crippen LogP contribution in [0.1, 0.15) is 38.3 Å². The Morgan fingerprint density at radius 3 is 2.47 bits per heavy atom. The molecule has 0 saturated heterocycles. The molecule has 0 fully saturated rings. The molecule has 0 heterocycles. The smallest absolute Gasteiger partial charge is 0.123 e. The van der Waals surface area contributed by atoms with Gasteiger partial charge >= 0.3 is 0 Å². The summed E-state index contributed by atoms with van der Waals surface area (Å²) in [7, 11) is 0. The maximum Gasteiger partial charge on any atom is 0.123 e. The van der Waals surface area contributed by atoms with Gasteiger partial charge in [0.2, 0.25) is 0 Å². The minimum absolute atomic E-state index is 0.0484. The Bertz CT molecular complexity index is 369. The van der Waals surface area contributed by atoms with E-state index < -0.39 is 0 Å². The van der Waals surface area contributed by atoms with Crippen LogP contribution in [-0.4, -0.2) is 35.7 Å². The predicted molar refractivity (Wildman–Crippen MR) is 76.4 cm³/mol. The van der Waals surface area contributed by atoms with Gasteiger partial charge < -0.3 is 10.8 Å². The summed E-state index contributed by atoms with van der Waals surface area (Å²) in [6.45, 7) is 5.31. The van der Waals surface area contributed by atoms with E-state index >= 15 is 0 Å². The van der Waals surface area contributed by atoms with Gasteiger partial charge in [-0.15, -0.1) is 0 Å². The number of hydrogen-bond donors (Lipinski definition) is 2. The fourth-order valence-electron chi connectivity index (χ4n) is 2.64. The molecule has 1 aromatic rings. The highest BCUT2D eigenvalue weighted by molar-refractivity contribution is 5.21. The number of aliphatic hydroxyl groups excluding tert-OH is 1. The molecule has 0 aliphatic rings. The summed E-state index contributed by atoms with van der Waals surface area (Å²) in [6.07, 6.45) is 1.98. The SMILES string of the molecule is CCC(CC)N(CCO)C(CN)c1cccc(F)c1. The highest BCUT2D eigenvalue weighted by atomic mass is 19.1. The van der Waals surface area contributed by atoms with Gasteiger partial charge in [0.1, 0.15) is 5.82 Å². The molecule has 4 heteroatoms. The number of benzene rings is 1. The zero-order chi connectivity index (χ0) is 14.3.